The molecule has 79 heavy (non-hydrogen) atoms. The molecule has 0 aliphatic heterocycles. The van der Waals surface area contributed by atoms with Gasteiger partial charge in [-0.25, -0.2) is 0 Å². The lowest BCUT2D eigenvalue weighted by Crippen LogP contribution is -2.18. The summed E-state index contributed by atoms with van der Waals surface area (Å²) in [4.78, 5) is 0. The first-order valence-electron chi connectivity index (χ1n) is 32.8. The molecule has 0 spiro atoms. The molecule has 0 saturated heterocycles. The second kappa shape index (κ2) is 45.4. The third kappa shape index (κ3) is 32.3. The van der Waals surface area contributed by atoms with Crippen molar-refractivity contribution in [3.05, 3.63) is 119 Å². The van der Waals surface area contributed by atoms with Crippen molar-refractivity contribution >= 4 is 17.2 Å². The molecule has 8 heteroatoms. The Labute approximate surface area is 488 Å². The first-order valence-corrected chi connectivity index (χ1v) is 35.0. The summed E-state index contributed by atoms with van der Waals surface area (Å²) in [6.45, 7) is 14.9. The second-order valence-electron chi connectivity index (χ2n) is 23.3. The summed E-state index contributed by atoms with van der Waals surface area (Å²) < 4.78 is 38.8. The van der Waals surface area contributed by atoms with Gasteiger partial charge in [-0.1, -0.05) is 296 Å². The van der Waals surface area contributed by atoms with E-state index in [4.69, 9.17) is 27.1 Å². The minimum Gasteiger partial charge on any atom is -0.418 e. The van der Waals surface area contributed by atoms with Crippen LogP contribution in [0.5, 0.6) is 23.0 Å². The SMILES string of the molecule is CCCCCCCCCCCCCOP(Oc1ccc(CCCCCCCCC)cc1)Oc1ccc(C(C)(C)c2ccc(OP(OCCCCCCCCCCCCC)Oc3ccc(CCCCCCCCC)cc3)cc2)cc1. The molecule has 4 aromatic carbocycles. The van der Waals surface area contributed by atoms with E-state index >= 15 is 0 Å². The molecule has 0 N–H and O–H groups in total. The van der Waals surface area contributed by atoms with Crippen LogP contribution in [0.15, 0.2) is 97.1 Å². The van der Waals surface area contributed by atoms with E-state index < -0.39 is 17.2 Å². The number of benzene rings is 4. The Hall–Kier alpha value is -3.14. The molecule has 0 amide bonds. The van der Waals surface area contributed by atoms with E-state index in [-0.39, 0.29) is 5.41 Å². The molecule has 0 heterocycles. The fourth-order valence-corrected chi connectivity index (χ4v) is 12.4. The van der Waals surface area contributed by atoms with Gasteiger partial charge in [-0.3, -0.25) is 9.05 Å². The summed E-state index contributed by atoms with van der Waals surface area (Å²) in [5, 5.41) is 0. The van der Waals surface area contributed by atoms with Gasteiger partial charge in [-0.15, -0.1) is 0 Å². The van der Waals surface area contributed by atoms with Gasteiger partial charge in [0.15, 0.2) is 0 Å². The van der Waals surface area contributed by atoms with Crippen LogP contribution in [0, 0.1) is 0 Å². The largest absolute Gasteiger partial charge is 0.463 e. The zero-order chi connectivity index (χ0) is 56.1. The van der Waals surface area contributed by atoms with E-state index in [0.29, 0.717) is 13.2 Å². The van der Waals surface area contributed by atoms with E-state index in [1.54, 1.807) is 0 Å². The maximum atomic E-state index is 6.53. The van der Waals surface area contributed by atoms with E-state index in [1.165, 1.54) is 241 Å². The monoisotopic (exact) mass is 1120 g/mol. The third-order valence-electron chi connectivity index (χ3n) is 15.7. The fourth-order valence-electron chi connectivity index (χ4n) is 10.3. The number of aryl methyl sites for hydroxylation is 2. The summed E-state index contributed by atoms with van der Waals surface area (Å²) in [5.74, 6) is 3.06. The summed E-state index contributed by atoms with van der Waals surface area (Å²) in [6.07, 6.45) is 49.3. The Balaban J connectivity index is 1.33. The van der Waals surface area contributed by atoms with Crippen LogP contribution < -0.4 is 18.1 Å². The summed E-state index contributed by atoms with van der Waals surface area (Å²) in [5.41, 5.74) is 4.82. The highest BCUT2D eigenvalue weighted by Crippen LogP contribution is 2.45. The van der Waals surface area contributed by atoms with E-state index in [9.17, 15) is 0 Å². The molecule has 0 bridgehead atoms. The molecule has 4 aromatic rings. The van der Waals surface area contributed by atoms with Crippen LogP contribution in [0.2, 0.25) is 0 Å². The minimum absolute atomic E-state index is 0.274. The molecule has 0 aliphatic rings. The lowest BCUT2D eigenvalue weighted by atomic mass is 9.78. The van der Waals surface area contributed by atoms with Crippen molar-refractivity contribution in [1.29, 1.82) is 0 Å². The van der Waals surface area contributed by atoms with Gasteiger partial charge in [0.2, 0.25) is 0 Å². The maximum absolute atomic E-state index is 6.53. The Morgan fingerprint density at radius 1 is 0.266 bits per heavy atom. The highest BCUT2D eigenvalue weighted by Gasteiger charge is 2.25. The summed E-state index contributed by atoms with van der Waals surface area (Å²) >= 11 is 0. The van der Waals surface area contributed by atoms with Crippen LogP contribution in [-0.4, -0.2) is 13.2 Å². The zero-order valence-corrected chi connectivity index (χ0v) is 53.2. The number of rotatable bonds is 52. The number of unbranched alkanes of at least 4 members (excludes halogenated alkanes) is 32. The van der Waals surface area contributed by atoms with Crippen LogP contribution in [0.25, 0.3) is 0 Å². The Morgan fingerprint density at radius 3 is 0.734 bits per heavy atom. The Bertz CT molecular complexity index is 1850. The van der Waals surface area contributed by atoms with Crippen LogP contribution in [-0.2, 0) is 27.3 Å². The average Bonchev–Trinajstić information content (AvgIpc) is 3.47. The predicted molar refractivity (Wildman–Crippen MR) is 342 cm³/mol. The van der Waals surface area contributed by atoms with Crippen molar-refractivity contribution in [2.75, 3.05) is 13.2 Å². The highest BCUT2D eigenvalue weighted by molar-refractivity contribution is 7.42. The van der Waals surface area contributed by atoms with Gasteiger partial charge in [-0.2, -0.15) is 0 Å². The normalized spacial score (nSPS) is 12.4. The molecule has 0 saturated carbocycles. The van der Waals surface area contributed by atoms with Crippen molar-refractivity contribution in [2.45, 2.75) is 291 Å². The predicted octanol–water partition coefficient (Wildman–Crippen LogP) is 24.6. The number of hydrogen-bond acceptors (Lipinski definition) is 6. The molecule has 4 rings (SSSR count). The maximum Gasteiger partial charge on any atom is 0.463 e. The van der Waals surface area contributed by atoms with Gasteiger partial charge in [0.25, 0.3) is 0 Å². The molecule has 0 fully saturated rings. The van der Waals surface area contributed by atoms with E-state index in [2.05, 4.69) is 139 Å². The minimum atomic E-state index is -1.64. The van der Waals surface area contributed by atoms with Crippen LogP contribution in [0.1, 0.15) is 295 Å². The highest BCUT2D eigenvalue weighted by atomic mass is 31.2. The molecule has 2 unspecified atom stereocenters. The van der Waals surface area contributed by atoms with Crippen molar-refractivity contribution in [3.8, 4) is 23.0 Å². The van der Waals surface area contributed by atoms with Crippen molar-refractivity contribution < 1.29 is 27.1 Å². The number of hydrogen-bond donors (Lipinski definition) is 0. The van der Waals surface area contributed by atoms with Gasteiger partial charge >= 0.3 is 17.2 Å². The molecule has 0 aromatic heterocycles. The van der Waals surface area contributed by atoms with Gasteiger partial charge in [-0.05, 0) is 109 Å². The van der Waals surface area contributed by atoms with Gasteiger partial charge in [0.05, 0.1) is 13.2 Å². The van der Waals surface area contributed by atoms with Gasteiger partial charge < -0.3 is 18.1 Å². The van der Waals surface area contributed by atoms with Crippen LogP contribution >= 0.6 is 17.2 Å². The van der Waals surface area contributed by atoms with Gasteiger partial charge in [0.1, 0.15) is 23.0 Å². The molecular weight excluding hydrogens is 1010 g/mol. The molecule has 0 radical (unpaired) electrons. The average molecular weight is 1130 g/mol. The second-order valence-corrected chi connectivity index (χ2v) is 25.4. The third-order valence-corrected chi connectivity index (χ3v) is 18.0. The van der Waals surface area contributed by atoms with Crippen molar-refractivity contribution in [3.63, 3.8) is 0 Å². The molecular formula is C71H114O6P2. The molecule has 2 atom stereocenters. The fraction of sp³-hybridized carbons (Fsp3) is 0.662. The molecule has 0 aliphatic carbocycles. The summed E-state index contributed by atoms with van der Waals surface area (Å²) in [7, 11) is -3.29. The standard InChI is InChI=1S/C71H114O6P2/c1-7-11-15-19-23-25-27-29-33-37-41-61-72-78(74-67-53-45-63(46-54-67)43-39-35-31-21-17-13-9-3)76-69-57-49-65(50-58-69)71(5,6)66-51-59-70(60-52-66)77-79(73-62-42-38-34-30-28-26-24-20-16-12-8-2)75-68-55-47-64(48-56-68)44-40-36-32-22-18-14-10-4/h45-60H,7-44,61-62H2,1-6H3. The summed E-state index contributed by atoms with van der Waals surface area (Å²) in [6, 6.07) is 34.1. The van der Waals surface area contributed by atoms with E-state index in [0.717, 1.165) is 48.7 Å². The van der Waals surface area contributed by atoms with Crippen molar-refractivity contribution in [1.82, 2.24) is 0 Å². The lowest BCUT2D eigenvalue weighted by Gasteiger charge is -2.27. The first kappa shape index (κ1) is 68.4. The lowest BCUT2D eigenvalue weighted by molar-refractivity contribution is 0.257. The quantitative estimate of drug-likeness (QED) is 0.0324. The Morgan fingerprint density at radius 2 is 0.481 bits per heavy atom. The van der Waals surface area contributed by atoms with Crippen molar-refractivity contribution in [2.24, 2.45) is 0 Å². The smallest absolute Gasteiger partial charge is 0.418 e. The molecule has 6 nitrogen and oxygen atoms in total. The Kier molecular flexibility index (Phi) is 39.3. The molecule has 444 valence electrons. The zero-order valence-electron chi connectivity index (χ0n) is 51.4. The van der Waals surface area contributed by atoms with Crippen LogP contribution in [0.3, 0.4) is 0 Å². The van der Waals surface area contributed by atoms with Gasteiger partial charge in [0, 0.05) is 5.41 Å². The first-order chi connectivity index (χ1) is 38.8. The van der Waals surface area contributed by atoms with Crippen LogP contribution in [0.4, 0.5) is 0 Å². The topological polar surface area (TPSA) is 55.4 Å². The van der Waals surface area contributed by atoms with E-state index in [1.807, 2.05) is 0 Å².